The molecule has 176 valence electrons. The number of carbonyl (C=O) groups is 1. The second-order valence-electron chi connectivity index (χ2n) is 7.83. The number of aromatic hydroxyl groups is 1. The number of ether oxygens (including phenoxy) is 3. The van der Waals surface area contributed by atoms with E-state index in [4.69, 9.17) is 14.2 Å². The molecule has 0 aromatic heterocycles. The Kier molecular flexibility index (Phi) is 7.81. The topological polar surface area (TPSA) is 65.0 Å². The largest absolute Gasteiger partial charge is 0.507 e. The third kappa shape index (κ3) is 6.51. The molecule has 0 aliphatic carbocycles. The van der Waals surface area contributed by atoms with Gasteiger partial charge in [-0.1, -0.05) is 60.7 Å². The van der Waals surface area contributed by atoms with Crippen LogP contribution in [-0.4, -0.2) is 18.0 Å². The van der Waals surface area contributed by atoms with Gasteiger partial charge in [0, 0.05) is 17.7 Å². The number of methoxy groups -OCH3 is 1. The van der Waals surface area contributed by atoms with Crippen LogP contribution >= 0.6 is 0 Å². The van der Waals surface area contributed by atoms with Gasteiger partial charge in [-0.05, 0) is 47.5 Å². The highest BCUT2D eigenvalue weighted by Gasteiger charge is 2.12. The molecule has 0 radical (unpaired) electrons. The van der Waals surface area contributed by atoms with E-state index in [1.165, 1.54) is 19.3 Å². The van der Waals surface area contributed by atoms with Crippen molar-refractivity contribution in [1.82, 2.24) is 0 Å². The van der Waals surface area contributed by atoms with Gasteiger partial charge in [-0.25, -0.2) is 0 Å². The van der Waals surface area contributed by atoms with E-state index in [9.17, 15) is 9.90 Å². The van der Waals surface area contributed by atoms with E-state index in [-0.39, 0.29) is 11.5 Å². The molecule has 0 saturated carbocycles. The lowest BCUT2D eigenvalue weighted by atomic mass is 10.1. The van der Waals surface area contributed by atoms with Crippen LogP contribution in [0.25, 0.3) is 6.08 Å². The Balaban J connectivity index is 1.40. The Hall–Kier alpha value is -4.51. The summed E-state index contributed by atoms with van der Waals surface area (Å²) in [5, 5.41) is 10.4. The summed E-state index contributed by atoms with van der Waals surface area (Å²) in [5.41, 5.74) is 2.99. The van der Waals surface area contributed by atoms with Crippen molar-refractivity contribution in [2.45, 2.75) is 13.2 Å². The molecule has 0 amide bonds. The zero-order chi connectivity index (χ0) is 24.5. The Bertz CT molecular complexity index is 1300. The average molecular weight is 467 g/mol. The van der Waals surface area contributed by atoms with Gasteiger partial charge in [0.05, 0.1) is 12.7 Å². The number of phenolic OH excluding ortho intramolecular Hbond substituents is 1. The summed E-state index contributed by atoms with van der Waals surface area (Å²) in [6.07, 6.45) is 2.97. The minimum Gasteiger partial charge on any atom is -0.507 e. The smallest absolute Gasteiger partial charge is 0.189 e. The van der Waals surface area contributed by atoms with Crippen LogP contribution < -0.4 is 14.2 Å². The fourth-order valence-electron chi connectivity index (χ4n) is 3.46. The number of carbonyl (C=O) groups excluding carboxylic acids is 1. The second kappa shape index (κ2) is 11.6. The monoisotopic (exact) mass is 466 g/mol. The summed E-state index contributed by atoms with van der Waals surface area (Å²) in [7, 11) is 1.51. The number of hydrogen-bond acceptors (Lipinski definition) is 5. The van der Waals surface area contributed by atoms with Crippen LogP contribution in [0.5, 0.6) is 23.0 Å². The summed E-state index contributed by atoms with van der Waals surface area (Å²) in [6.45, 7) is 0.820. The SMILES string of the molecule is COc1cc(OCc2ccccc2)ccc1C(=O)C=Cc1ccc(OCc2ccccc2)cc1O. The van der Waals surface area contributed by atoms with E-state index in [0.29, 0.717) is 41.6 Å². The summed E-state index contributed by atoms with van der Waals surface area (Å²) >= 11 is 0. The van der Waals surface area contributed by atoms with E-state index in [0.717, 1.165) is 11.1 Å². The molecule has 4 aromatic rings. The molecule has 0 spiro atoms. The van der Waals surface area contributed by atoms with E-state index in [1.54, 1.807) is 36.4 Å². The minimum atomic E-state index is -0.250. The van der Waals surface area contributed by atoms with E-state index in [2.05, 4.69) is 0 Å². The third-order valence-electron chi connectivity index (χ3n) is 5.35. The van der Waals surface area contributed by atoms with Crippen molar-refractivity contribution in [3.8, 4) is 23.0 Å². The number of ketones is 1. The van der Waals surface area contributed by atoms with Crippen LogP contribution in [0.2, 0.25) is 0 Å². The van der Waals surface area contributed by atoms with Gasteiger partial charge in [-0.3, -0.25) is 4.79 Å². The van der Waals surface area contributed by atoms with Gasteiger partial charge in [0.15, 0.2) is 5.78 Å². The lowest BCUT2D eigenvalue weighted by molar-refractivity contribution is 0.104. The Labute approximate surface area is 204 Å². The van der Waals surface area contributed by atoms with Crippen molar-refractivity contribution in [1.29, 1.82) is 0 Å². The first-order valence-electron chi connectivity index (χ1n) is 11.2. The molecule has 0 unspecified atom stereocenters. The van der Waals surface area contributed by atoms with Gasteiger partial charge in [0.25, 0.3) is 0 Å². The first kappa shape index (κ1) is 23.6. The zero-order valence-corrected chi connectivity index (χ0v) is 19.4. The second-order valence-corrected chi connectivity index (χ2v) is 7.83. The van der Waals surface area contributed by atoms with Crippen LogP contribution in [0.4, 0.5) is 0 Å². The maximum absolute atomic E-state index is 12.8. The van der Waals surface area contributed by atoms with Crippen molar-refractivity contribution in [3.63, 3.8) is 0 Å². The van der Waals surface area contributed by atoms with E-state index in [1.807, 2.05) is 60.7 Å². The zero-order valence-electron chi connectivity index (χ0n) is 19.4. The lowest BCUT2D eigenvalue weighted by Crippen LogP contribution is -2.01. The summed E-state index contributed by atoms with van der Waals surface area (Å²) in [6, 6.07) is 29.7. The third-order valence-corrected chi connectivity index (χ3v) is 5.35. The fourth-order valence-corrected chi connectivity index (χ4v) is 3.46. The number of rotatable bonds is 10. The number of allylic oxidation sites excluding steroid dienone is 1. The van der Waals surface area contributed by atoms with Crippen LogP contribution in [0.1, 0.15) is 27.0 Å². The van der Waals surface area contributed by atoms with Crippen LogP contribution in [0.15, 0.2) is 103 Å². The lowest BCUT2D eigenvalue weighted by Gasteiger charge is -2.11. The molecular weight excluding hydrogens is 440 g/mol. The Morgan fingerprint density at radius 2 is 1.34 bits per heavy atom. The standard InChI is InChI=1S/C30H26O5/c1-33-30-19-26(35-21-23-10-6-3-7-11-23)15-16-27(30)28(31)17-13-24-12-14-25(18-29(24)32)34-20-22-8-4-2-5-9-22/h2-19,32H,20-21H2,1H3. The number of phenols is 1. The van der Waals surface area contributed by atoms with Crippen molar-refractivity contribution in [2.75, 3.05) is 7.11 Å². The van der Waals surface area contributed by atoms with Crippen LogP contribution in [-0.2, 0) is 13.2 Å². The molecule has 0 atom stereocenters. The van der Waals surface area contributed by atoms with Gasteiger partial charge < -0.3 is 19.3 Å². The van der Waals surface area contributed by atoms with Gasteiger partial charge in [0.2, 0.25) is 0 Å². The fraction of sp³-hybridized carbons (Fsp3) is 0.100. The van der Waals surface area contributed by atoms with E-state index >= 15 is 0 Å². The summed E-state index contributed by atoms with van der Waals surface area (Å²) in [5.74, 6) is 1.34. The molecule has 35 heavy (non-hydrogen) atoms. The van der Waals surface area contributed by atoms with Crippen molar-refractivity contribution < 1.29 is 24.1 Å². The molecular formula is C30H26O5. The maximum atomic E-state index is 12.8. The molecule has 4 aromatic carbocycles. The van der Waals surface area contributed by atoms with E-state index < -0.39 is 0 Å². The van der Waals surface area contributed by atoms with Gasteiger partial charge >= 0.3 is 0 Å². The van der Waals surface area contributed by atoms with Gasteiger partial charge in [0.1, 0.15) is 36.2 Å². The quantitative estimate of drug-likeness (QED) is 0.215. The summed E-state index contributed by atoms with van der Waals surface area (Å²) in [4.78, 5) is 12.8. The van der Waals surface area contributed by atoms with Crippen molar-refractivity contribution >= 4 is 11.9 Å². The van der Waals surface area contributed by atoms with Gasteiger partial charge in [-0.2, -0.15) is 0 Å². The van der Waals surface area contributed by atoms with Crippen LogP contribution in [0, 0.1) is 0 Å². The molecule has 1 N–H and O–H groups in total. The molecule has 0 saturated heterocycles. The van der Waals surface area contributed by atoms with Crippen molar-refractivity contribution in [2.24, 2.45) is 0 Å². The van der Waals surface area contributed by atoms with Crippen LogP contribution in [0.3, 0.4) is 0 Å². The molecule has 4 rings (SSSR count). The predicted octanol–water partition coefficient (Wildman–Crippen LogP) is 6.45. The molecule has 0 fully saturated rings. The average Bonchev–Trinajstić information content (AvgIpc) is 2.91. The molecule has 0 aliphatic rings. The first-order chi connectivity index (χ1) is 17.1. The van der Waals surface area contributed by atoms with Crippen molar-refractivity contribution in [3.05, 3.63) is 125 Å². The highest BCUT2D eigenvalue weighted by Crippen LogP contribution is 2.28. The highest BCUT2D eigenvalue weighted by atomic mass is 16.5. The summed E-state index contributed by atoms with van der Waals surface area (Å²) < 4.78 is 17.0. The number of benzene rings is 4. The molecule has 5 heteroatoms. The molecule has 0 aliphatic heterocycles. The number of hydrogen-bond donors (Lipinski definition) is 1. The normalized spacial score (nSPS) is 10.8. The Morgan fingerprint density at radius 3 is 1.91 bits per heavy atom. The minimum absolute atomic E-state index is 0.0243. The predicted molar refractivity (Wildman–Crippen MR) is 136 cm³/mol. The van der Waals surface area contributed by atoms with Gasteiger partial charge in [-0.15, -0.1) is 0 Å². The molecule has 0 bridgehead atoms. The maximum Gasteiger partial charge on any atom is 0.189 e. The molecule has 5 nitrogen and oxygen atoms in total. The highest BCUT2D eigenvalue weighted by molar-refractivity contribution is 6.08. The first-order valence-corrected chi connectivity index (χ1v) is 11.2. The molecule has 0 heterocycles. The Morgan fingerprint density at radius 1 is 0.771 bits per heavy atom.